The molecular weight excluding hydrogens is 444 g/mol. The van der Waals surface area contributed by atoms with E-state index >= 15 is 0 Å². The minimum Gasteiger partial charge on any atom is -0.345 e. The third-order valence-electron chi connectivity index (χ3n) is 5.90. The van der Waals surface area contributed by atoms with Gasteiger partial charge in [-0.3, -0.25) is 4.79 Å². The number of benzene rings is 2. The highest BCUT2D eigenvalue weighted by molar-refractivity contribution is 7.98. The number of imidazole rings is 1. The number of thioether (sulfide) groups is 1. The fourth-order valence-corrected chi connectivity index (χ4v) is 5.80. The van der Waals surface area contributed by atoms with Crippen molar-refractivity contribution in [3.63, 3.8) is 0 Å². The van der Waals surface area contributed by atoms with E-state index in [1.54, 1.807) is 18.7 Å². The first-order chi connectivity index (χ1) is 15.4. The molecule has 170 valence electrons. The monoisotopic (exact) mass is 472 g/mol. The summed E-state index contributed by atoms with van der Waals surface area (Å²) in [5.74, 6) is 1.20. The molecule has 9 heteroatoms. The van der Waals surface area contributed by atoms with E-state index < -0.39 is 16.1 Å². The summed E-state index contributed by atoms with van der Waals surface area (Å²) in [7, 11) is -3.55. The highest BCUT2D eigenvalue weighted by atomic mass is 32.2. The van der Waals surface area contributed by atoms with Gasteiger partial charge in [0.15, 0.2) is 0 Å². The maximum Gasteiger partial charge on any atom is 0.239 e. The van der Waals surface area contributed by atoms with Crippen LogP contribution in [-0.4, -0.2) is 52.4 Å². The molecule has 1 amide bonds. The maximum atomic E-state index is 13.5. The molecule has 32 heavy (non-hydrogen) atoms. The topological polar surface area (TPSA) is 95.2 Å². The number of para-hydroxylation sites is 2. The van der Waals surface area contributed by atoms with Crippen LogP contribution >= 0.6 is 11.8 Å². The van der Waals surface area contributed by atoms with Gasteiger partial charge in [-0.05, 0) is 55.0 Å². The number of nitrogens with one attached hydrogen (secondary N) is 2. The number of amides is 1. The molecule has 2 heterocycles. The first-order valence-corrected chi connectivity index (χ1v) is 13.7. The van der Waals surface area contributed by atoms with Gasteiger partial charge in [0.2, 0.25) is 15.9 Å². The molecule has 1 aromatic heterocycles. The number of nitrogens with zero attached hydrogens (tertiary/aromatic N) is 2. The van der Waals surface area contributed by atoms with E-state index in [1.165, 1.54) is 4.31 Å². The van der Waals surface area contributed by atoms with Gasteiger partial charge in [0.1, 0.15) is 11.9 Å². The number of rotatable bonds is 8. The van der Waals surface area contributed by atoms with E-state index in [-0.39, 0.29) is 24.2 Å². The Hall–Kier alpha value is -2.36. The van der Waals surface area contributed by atoms with Crippen LogP contribution < -0.4 is 5.32 Å². The number of fused-ring (bicyclic) bond motifs is 2. The largest absolute Gasteiger partial charge is 0.345 e. The summed E-state index contributed by atoms with van der Waals surface area (Å²) in [4.78, 5) is 21.5. The second-order valence-corrected chi connectivity index (χ2v) is 11.1. The summed E-state index contributed by atoms with van der Waals surface area (Å²) in [5.41, 5.74) is 3.71. The first kappa shape index (κ1) is 22.8. The molecule has 7 nitrogen and oxygen atoms in total. The average molecular weight is 473 g/mol. The predicted octanol–water partition coefficient (Wildman–Crippen LogP) is 3.25. The third kappa shape index (κ3) is 4.69. The highest BCUT2D eigenvalue weighted by Crippen LogP contribution is 2.27. The van der Waals surface area contributed by atoms with E-state index in [0.717, 1.165) is 27.9 Å². The van der Waals surface area contributed by atoms with Crippen LogP contribution in [-0.2, 0) is 27.8 Å². The van der Waals surface area contributed by atoms with Gasteiger partial charge in [0.25, 0.3) is 0 Å². The molecule has 0 fully saturated rings. The number of aromatic nitrogens is 2. The van der Waals surface area contributed by atoms with Crippen molar-refractivity contribution in [1.29, 1.82) is 0 Å². The van der Waals surface area contributed by atoms with Crippen LogP contribution in [0.15, 0.2) is 48.5 Å². The van der Waals surface area contributed by atoms with Gasteiger partial charge < -0.3 is 10.3 Å². The molecule has 1 aliphatic heterocycles. The van der Waals surface area contributed by atoms with Crippen LogP contribution in [0.1, 0.15) is 36.3 Å². The van der Waals surface area contributed by atoms with Crippen LogP contribution in [0.3, 0.4) is 0 Å². The Morgan fingerprint density at radius 2 is 1.94 bits per heavy atom. The summed E-state index contributed by atoms with van der Waals surface area (Å²) in [5, 5.41) is 3.10. The summed E-state index contributed by atoms with van der Waals surface area (Å²) in [6.45, 7) is 1.82. The summed E-state index contributed by atoms with van der Waals surface area (Å²) in [6.07, 6.45) is 3.07. The van der Waals surface area contributed by atoms with Gasteiger partial charge in [0, 0.05) is 6.54 Å². The lowest BCUT2D eigenvalue weighted by Gasteiger charge is -2.35. The molecule has 3 aromatic rings. The highest BCUT2D eigenvalue weighted by Gasteiger charge is 2.38. The van der Waals surface area contributed by atoms with Crippen LogP contribution in [0.25, 0.3) is 11.0 Å². The lowest BCUT2D eigenvalue weighted by Crippen LogP contribution is -2.53. The van der Waals surface area contributed by atoms with E-state index in [2.05, 4.69) is 15.3 Å². The maximum absolute atomic E-state index is 13.5. The van der Waals surface area contributed by atoms with Gasteiger partial charge in [-0.25, -0.2) is 13.4 Å². The Morgan fingerprint density at radius 1 is 1.22 bits per heavy atom. The van der Waals surface area contributed by atoms with Gasteiger partial charge in [-0.15, -0.1) is 0 Å². The Morgan fingerprint density at radius 3 is 2.66 bits per heavy atom. The van der Waals surface area contributed by atoms with Crippen molar-refractivity contribution in [2.45, 2.75) is 38.4 Å². The van der Waals surface area contributed by atoms with Crippen molar-refractivity contribution in [2.75, 3.05) is 17.8 Å². The van der Waals surface area contributed by atoms with Crippen molar-refractivity contribution < 1.29 is 13.2 Å². The number of sulfonamides is 1. The van der Waals surface area contributed by atoms with Crippen molar-refractivity contribution >= 4 is 38.7 Å². The Kier molecular flexibility index (Phi) is 6.88. The molecule has 2 aromatic carbocycles. The minimum atomic E-state index is -3.55. The van der Waals surface area contributed by atoms with Crippen molar-refractivity contribution in [3.8, 4) is 0 Å². The van der Waals surface area contributed by atoms with Crippen LogP contribution in [0.4, 0.5) is 0 Å². The van der Waals surface area contributed by atoms with Crippen molar-refractivity contribution in [3.05, 3.63) is 65.5 Å². The Bertz CT molecular complexity index is 1180. The summed E-state index contributed by atoms with van der Waals surface area (Å²) < 4.78 is 27.1. The molecular formula is C23H28N4O3S2. The minimum absolute atomic E-state index is 0.0432. The molecule has 1 aliphatic rings. The first-order valence-electron chi connectivity index (χ1n) is 10.7. The average Bonchev–Trinajstić information content (AvgIpc) is 3.25. The molecule has 0 aliphatic carbocycles. The molecule has 1 unspecified atom stereocenters. The van der Waals surface area contributed by atoms with Gasteiger partial charge in [-0.1, -0.05) is 36.4 Å². The number of hydrogen-bond acceptors (Lipinski definition) is 5. The fraction of sp³-hybridized carbons (Fsp3) is 0.391. The van der Waals surface area contributed by atoms with Gasteiger partial charge in [-0.2, -0.15) is 16.1 Å². The van der Waals surface area contributed by atoms with Crippen molar-refractivity contribution in [1.82, 2.24) is 19.6 Å². The van der Waals surface area contributed by atoms with Gasteiger partial charge in [0.05, 0.1) is 22.8 Å². The van der Waals surface area contributed by atoms with E-state index in [9.17, 15) is 13.2 Å². The fourth-order valence-electron chi connectivity index (χ4n) is 4.10. The molecule has 0 bridgehead atoms. The summed E-state index contributed by atoms with van der Waals surface area (Å²) >= 11 is 1.69. The molecule has 0 saturated carbocycles. The zero-order valence-corrected chi connectivity index (χ0v) is 19.9. The lowest BCUT2D eigenvalue weighted by atomic mass is 9.95. The smallest absolute Gasteiger partial charge is 0.239 e. The number of aromatic amines is 1. The van der Waals surface area contributed by atoms with E-state index in [1.807, 2.05) is 54.8 Å². The third-order valence-corrected chi connectivity index (χ3v) is 8.37. The second-order valence-electron chi connectivity index (χ2n) is 7.92. The molecule has 0 radical (unpaired) electrons. The lowest BCUT2D eigenvalue weighted by molar-refractivity contribution is -0.126. The van der Waals surface area contributed by atoms with Gasteiger partial charge >= 0.3 is 0 Å². The number of carbonyl (C=O) groups is 1. The summed E-state index contributed by atoms with van der Waals surface area (Å²) in [6, 6.07) is 14.4. The SMILES string of the molecule is CCS(=O)(=O)N1Cc2ccccc2CC1C(=O)N[C@@H](CCSC)c1nc2ccccc2[nH]1. The molecule has 2 atom stereocenters. The van der Waals surface area contributed by atoms with E-state index in [4.69, 9.17) is 0 Å². The second kappa shape index (κ2) is 9.64. The molecule has 4 rings (SSSR count). The van der Waals surface area contributed by atoms with Crippen LogP contribution in [0.2, 0.25) is 0 Å². The zero-order valence-electron chi connectivity index (χ0n) is 18.2. The van der Waals surface area contributed by atoms with Crippen molar-refractivity contribution in [2.24, 2.45) is 0 Å². The quantitative estimate of drug-likeness (QED) is 0.525. The molecule has 0 saturated heterocycles. The number of carbonyl (C=O) groups excluding carboxylic acids is 1. The molecule has 2 N–H and O–H groups in total. The van der Waals surface area contributed by atoms with Crippen LogP contribution in [0.5, 0.6) is 0 Å². The van der Waals surface area contributed by atoms with Crippen LogP contribution in [0, 0.1) is 0 Å². The predicted molar refractivity (Wildman–Crippen MR) is 129 cm³/mol. The Labute approximate surface area is 193 Å². The normalized spacial score (nSPS) is 17.8. The number of H-pyrrole nitrogens is 1. The molecule has 0 spiro atoms. The Balaban J connectivity index is 1.63. The standard InChI is InChI=1S/C23H28N4O3S2/c1-3-32(29,30)27-15-17-9-5-4-8-16(17)14-21(27)23(28)26-20(12-13-31-2)22-24-18-10-6-7-11-19(18)25-22/h4-11,20-21H,3,12-15H2,1-2H3,(H,24,25)(H,26,28)/t20-,21?/m0/s1. The zero-order chi connectivity index (χ0) is 22.7. The number of hydrogen-bond donors (Lipinski definition) is 2. The van der Waals surface area contributed by atoms with E-state index in [0.29, 0.717) is 18.7 Å².